The van der Waals surface area contributed by atoms with E-state index in [0.717, 1.165) is 65.1 Å². The summed E-state index contributed by atoms with van der Waals surface area (Å²) in [4.78, 5) is 22.1. The van der Waals surface area contributed by atoms with Crippen molar-refractivity contribution in [1.29, 1.82) is 0 Å². The van der Waals surface area contributed by atoms with E-state index in [1.54, 1.807) is 12.1 Å². The van der Waals surface area contributed by atoms with Gasteiger partial charge in [-0.05, 0) is 47.7 Å². The summed E-state index contributed by atoms with van der Waals surface area (Å²) in [5.74, 6) is -0.0946. The lowest BCUT2D eigenvalue weighted by Crippen LogP contribution is -2.24. The number of aromatic nitrogens is 3. The number of rotatable bonds is 6. The number of anilines is 1. The average Bonchev–Trinajstić information content (AvgIpc) is 3.47. The van der Waals surface area contributed by atoms with Crippen LogP contribution in [-0.4, -0.2) is 32.2 Å². The van der Waals surface area contributed by atoms with Crippen LogP contribution in [0.15, 0.2) is 67.1 Å². The summed E-state index contributed by atoms with van der Waals surface area (Å²) in [5.41, 5.74) is 2.71. The number of hydrogen-bond donors (Lipinski definition) is 1. The van der Waals surface area contributed by atoms with E-state index in [2.05, 4.69) is 14.9 Å². The number of hydrogen-bond acceptors (Lipinski definition) is 4. The number of carbonyl (C=O) groups is 1. The summed E-state index contributed by atoms with van der Waals surface area (Å²) in [6.45, 7) is 1.32. The minimum Gasteiger partial charge on any atom is -0.481 e. The molecular formula is C26H23F3N4O2. The summed E-state index contributed by atoms with van der Waals surface area (Å²) in [7, 11) is 0. The highest BCUT2D eigenvalue weighted by Crippen LogP contribution is 2.39. The molecule has 35 heavy (non-hydrogen) atoms. The molecule has 1 saturated heterocycles. The number of nitrogens with zero attached hydrogens (tertiary/aromatic N) is 4. The number of fused-ring (bicyclic) bond motifs is 1. The van der Waals surface area contributed by atoms with Gasteiger partial charge in [0, 0.05) is 19.3 Å². The molecule has 0 spiro atoms. The van der Waals surface area contributed by atoms with Gasteiger partial charge in [-0.15, -0.1) is 0 Å². The number of aliphatic carboxylic acids is 1. The van der Waals surface area contributed by atoms with Crippen LogP contribution in [0.2, 0.25) is 0 Å². The predicted octanol–water partition coefficient (Wildman–Crippen LogP) is 5.47. The van der Waals surface area contributed by atoms with Crippen molar-refractivity contribution in [2.45, 2.75) is 38.0 Å². The minimum atomic E-state index is -4.35. The summed E-state index contributed by atoms with van der Waals surface area (Å²) in [6.07, 6.45) is 0.843. The van der Waals surface area contributed by atoms with E-state index in [0.29, 0.717) is 6.54 Å². The first kappa shape index (κ1) is 22.9. The lowest BCUT2D eigenvalue weighted by atomic mass is 10.0. The van der Waals surface area contributed by atoms with Crippen LogP contribution in [0.4, 0.5) is 19.0 Å². The third-order valence-electron chi connectivity index (χ3n) is 6.41. The first-order valence-electron chi connectivity index (χ1n) is 11.3. The van der Waals surface area contributed by atoms with Crippen molar-refractivity contribution < 1.29 is 23.1 Å². The smallest absolute Gasteiger partial charge is 0.416 e. The second kappa shape index (κ2) is 9.05. The van der Waals surface area contributed by atoms with Crippen LogP contribution in [0.3, 0.4) is 0 Å². The maximum Gasteiger partial charge on any atom is 0.416 e. The van der Waals surface area contributed by atoms with Crippen LogP contribution < -0.4 is 4.90 Å². The topological polar surface area (TPSA) is 71.2 Å². The second-order valence-corrected chi connectivity index (χ2v) is 8.74. The van der Waals surface area contributed by atoms with Crippen molar-refractivity contribution in [1.82, 2.24) is 14.5 Å². The van der Waals surface area contributed by atoms with E-state index in [1.165, 1.54) is 6.33 Å². The quantitative estimate of drug-likeness (QED) is 0.397. The molecule has 1 atom stereocenters. The molecule has 3 heterocycles. The van der Waals surface area contributed by atoms with Gasteiger partial charge in [0.15, 0.2) is 0 Å². The Morgan fingerprint density at radius 2 is 1.71 bits per heavy atom. The van der Waals surface area contributed by atoms with Crippen molar-refractivity contribution in [2.75, 3.05) is 11.4 Å². The van der Waals surface area contributed by atoms with Gasteiger partial charge in [-0.25, -0.2) is 9.97 Å². The molecule has 1 aliphatic heterocycles. The number of carboxylic acid groups (broad SMARTS) is 1. The summed E-state index contributed by atoms with van der Waals surface area (Å²) in [6, 6.07) is 14.8. The van der Waals surface area contributed by atoms with E-state index >= 15 is 0 Å². The SMILES string of the molecule is O=C(O)Cc1ccc(Cn2ccc3c(N4CCC[C@@H]4c4ccc(C(F)(F)F)cc4)ncnc32)cc1. The zero-order chi connectivity index (χ0) is 24.6. The van der Waals surface area contributed by atoms with E-state index in [-0.39, 0.29) is 12.5 Å². The van der Waals surface area contributed by atoms with Crippen LogP contribution >= 0.6 is 0 Å². The molecule has 2 aromatic carbocycles. The molecule has 4 aromatic rings. The van der Waals surface area contributed by atoms with Crippen LogP contribution in [0.25, 0.3) is 11.0 Å². The average molecular weight is 480 g/mol. The highest BCUT2D eigenvalue weighted by molar-refractivity contribution is 5.88. The Morgan fingerprint density at radius 3 is 2.40 bits per heavy atom. The van der Waals surface area contributed by atoms with Gasteiger partial charge >= 0.3 is 12.1 Å². The lowest BCUT2D eigenvalue weighted by Gasteiger charge is -2.27. The number of carboxylic acids is 1. The third-order valence-corrected chi connectivity index (χ3v) is 6.41. The van der Waals surface area contributed by atoms with Gasteiger partial charge in [0.1, 0.15) is 17.8 Å². The zero-order valence-electron chi connectivity index (χ0n) is 18.7. The molecule has 1 fully saturated rings. The van der Waals surface area contributed by atoms with Crippen LogP contribution in [-0.2, 0) is 23.9 Å². The predicted molar refractivity (Wildman–Crippen MR) is 125 cm³/mol. The van der Waals surface area contributed by atoms with Crippen molar-refractivity contribution in [2.24, 2.45) is 0 Å². The molecule has 180 valence electrons. The summed E-state index contributed by atoms with van der Waals surface area (Å²) < 4.78 is 41.0. The monoisotopic (exact) mass is 480 g/mol. The highest BCUT2D eigenvalue weighted by Gasteiger charge is 2.32. The molecule has 0 saturated carbocycles. The molecule has 0 amide bonds. The number of benzene rings is 2. The Hall–Kier alpha value is -3.88. The van der Waals surface area contributed by atoms with Gasteiger partial charge in [-0.3, -0.25) is 4.79 Å². The molecule has 0 aliphatic carbocycles. The fourth-order valence-electron chi connectivity index (χ4n) is 4.74. The lowest BCUT2D eigenvalue weighted by molar-refractivity contribution is -0.138. The van der Waals surface area contributed by atoms with Gasteiger partial charge in [0.05, 0.1) is 23.4 Å². The van der Waals surface area contributed by atoms with Crippen LogP contribution in [0, 0.1) is 0 Å². The van der Waals surface area contributed by atoms with E-state index < -0.39 is 17.7 Å². The Kier molecular flexibility index (Phi) is 5.92. The van der Waals surface area contributed by atoms with Crippen LogP contribution in [0.1, 0.15) is 41.1 Å². The molecule has 0 radical (unpaired) electrons. The van der Waals surface area contributed by atoms with Gasteiger partial charge in [-0.1, -0.05) is 36.4 Å². The maximum absolute atomic E-state index is 13.0. The van der Waals surface area contributed by atoms with Gasteiger partial charge in [0.25, 0.3) is 0 Å². The summed E-state index contributed by atoms with van der Waals surface area (Å²) >= 11 is 0. The molecule has 1 aliphatic rings. The second-order valence-electron chi connectivity index (χ2n) is 8.74. The molecule has 1 N–H and O–H groups in total. The van der Waals surface area contributed by atoms with Crippen molar-refractivity contribution >= 4 is 22.8 Å². The Morgan fingerprint density at radius 1 is 1.00 bits per heavy atom. The van der Waals surface area contributed by atoms with Crippen molar-refractivity contribution in [3.63, 3.8) is 0 Å². The molecule has 5 rings (SSSR count). The molecule has 2 aromatic heterocycles. The normalized spacial score (nSPS) is 16.2. The Balaban J connectivity index is 1.41. The molecule has 9 heteroatoms. The molecule has 6 nitrogen and oxygen atoms in total. The number of halogens is 3. The van der Waals surface area contributed by atoms with Crippen molar-refractivity contribution in [3.8, 4) is 0 Å². The third kappa shape index (κ3) is 4.71. The molecular weight excluding hydrogens is 457 g/mol. The largest absolute Gasteiger partial charge is 0.481 e. The zero-order valence-corrected chi connectivity index (χ0v) is 18.7. The first-order valence-corrected chi connectivity index (χ1v) is 11.3. The van der Waals surface area contributed by atoms with Gasteiger partial charge in [0.2, 0.25) is 0 Å². The van der Waals surface area contributed by atoms with E-state index in [1.807, 2.05) is 41.1 Å². The van der Waals surface area contributed by atoms with Crippen LogP contribution in [0.5, 0.6) is 0 Å². The Bertz CT molecular complexity index is 1350. The first-order chi connectivity index (χ1) is 16.8. The van der Waals surface area contributed by atoms with E-state index in [9.17, 15) is 18.0 Å². The van der Waals surface area contributed by atoms with Crippen molar-refractivity contribution in [3.05, 3.63) is 89.4 Å². The molecule has 0 bridgehead atoms. The fraction of sp³-hybridized carbons (Fsp3) is 0.269. The van der Waals surface area contributed by atoms with E-state index in [4.69, 9.17) is 5.11 Å². The summed E-state index contributed by atoms with van der Waals surface area (Å²) in [5, 5.41) is 9.83. The minimum absolute atomic E-state index is 0.0146. The Labute approximate surface area is 199 Å². The fourth-order valence-corrected chi connectivity index (χ4v) is 4.74. The standard InChI is InChI=1S/C26H23F3N4O2/c27-26(28,29)20-9-7-19(8-10-20)22-2-1-12-33(22)25-21-11-13-32(24(21)30-16-31-25)15-18-5-3-17(4-6-18)14-23(34)35/h3-11,13,16,22H,1-2,12,14-15H2,(H,34,35)/t22-/m1/s1. The van der Waals surface area contributed by atoms with Gasteiger partial charge < -0.3 is 14.6 Å². The molecule has 0 unspecified atom stereocenters. The highest BCUT2D eigenvalue weighted by atomic mass is 19.4. The maximum atomic E-state index is 13.0. The number of alkyl halides is 3. The van der Waals surface area contributed by atoms with Gasteiger partial charge in [-0.2, -0.15) is 13.2 Å².